The predicted molar refractivity (Wildman–Crippen MR) is 125 cm³/mol. The van der Waals surface area contributed by atoms with Gasteiger partial charge in [0.1, 0.15) is 11.6 Å². The maximum absolute atomic E-state index is 13.4. The summed E-state index contributed by atoms with van der Waals surface area (Å²) in [5.74, 6) is -0.315. The van der Waals surface area contributed by atoms with Gasteiger partial charge in [0.15, 0.2) is 0 Å². The van der Waals surface area contributed by atoms with Crippen molar-refractivity contribution in [3.05, 3.63) is 35.6 Å². The average molecular weight is 441 g/mol. The molecule has 0 saturated carbocycles. The van der Waals surface area contributed by atoms with E-state index in [2.05, 4.69) is 28.8 Å². The van der Waals surface area contributed by atoms with E-state index in [1.165, 1.54) is 12.0 Å². The van der Waals surface area contributed by atoms with E-state index in [1.54, 1.807) is 6.92 Å². The van der Waals surface area contributed by atoms with E-state index in [9.17, 15) is 9.59 Å². The van der Waals surface area contributed by atoms with Crippen molar-refractivity contribution in [3.63, 3.8) is 0 Å². The summed E-state index contributed by atoms with van der Waals surface area (Å²) in [6, 6.07) is 5.77. The minimum absolute atomic E-state index is 0.0114. The van der Waals surface area contributed by atoms with E-state index in [1.807, 2.05) is 25.0 Å². The molecule has 2 saturated heterocycles. The van der Waals surface area contributed by atoms with Gasteiger partial charge in [-0.25, -0.2) is 0 Å². The average Bonchev–Trinajstić information content (AvgIpc) is 3.52. The topological polar surface area (TPSA) is 101 Å². The predicted octanol–water partition coefficient (Wildman–Crippen LogP) is 2.88. The molecule has 2 aliphatic rings. The highest BCUT2D eigenvalue weighted by Gasteiger charge is 2.36. The summed E-state index contributed by atoms with van der Waals surface area (Å²) in [6.45, 7) is 7.33. The second kappa shape index (κ2) is 9.63. The van der Waals surface area contributed by atoms with Crippen molar-refractivity contribution in [1.29, 1.82) is 0 Å². The number of likely N-dealkylation sites (tertiary alicyclic amines) is 1. The van der Waals surface area contributed by atoms with E-state index in [4.69, 9.17) is 10.2 Å². The molecule has 1 aromatic heterocycles. The summed E-state index contributed by atoms with van der Waals surface area (Å²) in [4.78, 5) is 27.5. The lowest BCUT2D eigenvalue weighted by molar-refractivity contribution is -0.138. The lowest BCUT2D eigenvalue weighted by atomic mass is 9.98. The van der Waals surface area contributed by atoms with E-state index < -0.39 is 12.1 Å². The summed E-state index contributed by atoms with van der Waals surface area (Å²) in [7, 11) is 0. The maximum Gasteiger partial charge on any atom is 0.245 e. The first-order chi connectivity index (χ1) is 15.3. The van der Waals surface area contributed by atoms with Gasteiger partial charge in [-0.3, -0.25) is 9.59 Å². The van der Waals surface area contributed by atoms with Gasteiger partial charge < -0.3 is 25.7 Å². The summed E-state index contributed by atoms with van der Waals surface area (Å²) in [5, 5.41) is 7.56. The summed E-state index contributed by atoms with van der Waals surface area (Å²) < 4.78 is 5.84. The third kappa shape index (κ3) is 4.69. The Bertz CT molecular complexity index is 961. The molecular formula is C25H36N4O3. The molecule has 7 heteroatoms. The quantitative estimate of drug-likeness (QED) is 0.615. The van der Waals surface area contributed by atoms with Crippen LogP contribution >= 0.6 is 0 Å². The molecule has 2 aliphatic heterocycles. The highest BCUT2D eigenvalue weighted by atomic mass is 16.3. The lowest BCUT2D eigenvalue weighted by Crippen LogP contribution is -2.55. The zero-order chi connectivity index (χ0) is 22.8. The van der Waals surface area contributed by atoms with Crippen molar-refractivity contribution in [2.75, 3.05) is 13.1 Å². The smallest absolute Gasteiger partial charge is 0.245 e. The number of carbonyl (C=O) groups is 2. The van der Waals surface area contributed by atoms with Crippen LogP contribution in [0.4, 0.5) is 0 Å². The van der Waals surface area contributed by atoms with Crippen molar-refractivity contribution in [1.82, 2.24) is 15.5 Å². The number of amides is 2. The van der Waals surface area contributed by atoms with Crippen LogP contribution in [-0.2, 0) is 16.0 Å². The molecule has 0 bridgehead atoms. The summed E-state index contributed by atoms with van der Waals surface area (Å²) in [5.41, 5.74) is 9.05. The second-order valence-corrected chi connectivity index (χ2v) is 9.72. The highest BCUT2D eigenvalue weighted by Crippen LogP contribution is 2.31. The molecule has 4 N–H and O–H groups in total. The number of nitrogens with zero attached hydrogens (tertiary/aromatic N) is 1. The standard InChI is InChI=1S/C25H36N4O3/c1-15(2)23(28-24(30)16(3)26)25(31)29-11-5-6-19(29)12-18-14-32-22-9-8-17(13-20(18)22)21-7-4-10-27-21/h8-9,13-16,19,21,23,27H,4-7,10-12,26H2,1-3H3,(H,28,30). The van der Waals surface area contributed by atoms with Crippen LogP contribution in [0.5, 0.6) is 0 Å². The normalized spacial score (nSPS) is 23.1. The van der Waals surface area contributed by atoms with Crippen molar-refractivity contribution in [2.24, 2.45) is 11.7 Å². The number of fused-ring (bicyclic) bond motifs is 1. The van der Waals surface area contributed by atoms with Crippen LogP contribution in [0.25, 0.3) is 11.0 Å². The first-order valence-electron chi connectivity index (χ1n) is 11.9. The van der Waals surface area contributed by atoms with Gasteiger partial charge in [-0.2, -0.15) is 0 Å². The summed E-state index contributed by atoms with van der Waals surface area (Å²) in [6.07, 6.45) is 6.88. The van der Waals surface area contributed by atoms with E-state index in [0.717, 1.165) is 48.8 Å². The molecule has 1 aromatic carbocycles. The number of nitrogens with one attached hydrogen (secondary N) is 2. The van der Waals surface area contributed by atoms with Crippen molar-refractivity contribution in [3.8, 4) is 0 Å². The van der Waals surface area contributed by atoms with E-state index >= 15 is 0 Å². The highest BCUT2D eigenvalue weighted by molar-refractivity contribution is 5.90. The number of benzene rings is 1. The van der Waals surface area contributed by atoms with Gasteiger partial charge in [0.2, 0.25) is 11.8 Å². The Balaban J connectivity index is 1.52. The van der Waals surface area contributed by atoms with Crippen molar-refractivity contribution >= 4 is 22.8 Å². The summed E-state index contributed by atoms with van der Waals surface area (Å²) >= 11 is 0. The van der Waals surface area contributed by atoms with Gasteiger partial charge in [0, 0.05) is 29.6 Å². The van der Waals surface area contributed by atoms with Gasteiger partial charge in [-0.05, 0) is 69.2 Å². The molecule has 2 fully saturated rings. The Morgan fingerprint density at radius 2 is 2.06 bits per heavy atom. The fourth-order valence-electron chi connectivity index (χ4n) is 5.01. The van der Waals surface area contributed by atoms with Gasteiger partial charge in [0.25, 0.3) is 0 Å². The number of rotatable bonds is 7. The first kappa shape index (κ1) is 22.8. The van der Waals surface area contributed by atoms with Gasteiger partial charge in [-0.15, -0.1) is 0 Å². The zero-order valence-corrected chi connectivity index (χ0v) is 19.4. The minimum atomic E-state index is -0.640. The van der Waals surface area contributed by atoms with Gasteiger partial charge in [0.05, 0.1) is 12.3 Å². The van der Waals surface area contributed by atoms with Crippen LogP contribution in [0.15, 0.2) is 28.9 Å². The number of furan rings is 1. The molecule has 0 spiro atoms. The molecule has 4 rings (SSSR count). The Labute approximate surface area is 190 Å². The number of nitrogens with two attached hydrogens (primary N) is 1. The van der Waals surface area contributed by atoms with Crippen LogP contribution < -0.4 is 16.4 Å². The number of hydrogen-bond donors (Lipinski definition) is 3. The number of carbonyl (C=O) groups excluding carboxylic acids is 2. The zero-order valence-electron chi connectivity index (χ0n) is 19.4. The monoisotopic (exact) mass is 440 g/mol. The van der Waals surface area contributed by atoms with E-state index in [-0.39, 0.29) is 23.8 Å². The molecule has 0 aliphatic carbocycles. The first-order valence-corrected chi connectivity index (χ1v) is 11.9. The fraction of sp³-hybridized carbons (Fsp3) is 0.600. The van der Waals surface area contributed by atoms with Crippen LogP contribution in [0.3, 0.4) is 0 Å². The SMILES string of the molecule is CC(N)C(=O)NC(C(=O)N1CCCC1Cc1coc2ccc(C3CCCN3)cc12)C(C)C. The van der Waals surface area contributed by atoms with Crippen LogP contribution in [0.1, 0.15) is 63.6 Å². The third-order valence-electron chi connectivity index (χ3n) is 6.90. The molecule has 3 heterocycles. The van der Waals surface area contributed by atoms with Gasteiger partial charge in [-0.1, -0.05) is 19.9 Å². The molecular weight excluding hydrogens is 404 g/mol. The Kier molecular flexibility index (Phi) is 6.86. The second-order valence-electron chi connectivity index (χ2n) is 9.72. The van der Waals surface area contributed by atoms with Crippen molar-refractivity contribution in [2.45, 2.75) is 77.0 Å². The molecule has 4 unspecified atom stereocenters. The van der Waals surface area contributed by atoms with Crippen LogP contribution in [-0.4, -0.2) is 47.9 Å². The Morgan fingerprint density at radius 3 is 2.75 bits per heavy atom. The molecule has 32 heavy (non-hydrogen) atoms. The van der Waals surface area contributed by atoms with Crippen LogP contribution in [0, 0.1) is 5.92 Å². The fourth-order valence-corrected chi connectivity index (χ4v) is 5.01. The van der Waals surface area contributed by atoms with E-state index in [0.29, 0.717) is 12.6 Å². The Hall–Kier alpha value is -2.38. The lowest BCUT2D eigenvalue weighted by Gasteiger charge is -2.31. The largest absolute Gasteiger partial charge is 0.464 e. The third-order valence-corrected chi connectivity index (χ3v) is 6.90. The molecule has 174 valence electrons. The Morgan fingerprint density at radius 1 is 1.25 bits per heavy atom. The molecule has 0 radical (unpaired) electrons. The van der Waals surface area contributed by atoms with Crippen LogP contribution in [0.2, 0.25) is 0 Å². The maximum atomic E-state index is 13.4. The molecule has 4 atom stereocenters. The number of hydrogen-bond acceptors (Lipinski definition) is 5. The molecule has 2 amide bonds. The van der Waals surface area contributed by atoms with Gasteiger partial charge >= 0.3 is 0 Å². The van der Waals surface area contributed by atoms with Crippen molar-refractivity contribution < 1.29 is 14.0 Å². The molecule has 2 aromatic rings. The minimum Gasteiger partial charge on any atom is -0.464 e. The molecule has 7 nitrogen and oxygen atoms in total.